The van der Waals surface area contributed by atoms with E-state index in [9.17, 15) is 4.79 Å². The highest BCUT2D eigenvalue weighted by Crippen LogP contribution is 2.26. The summed E-state index contributed by atoms with van der Waals surface area (Å²) >= 11 is 9.26. The quantitative estimate of drug-likeness (QED) is 0.883. The maximum atomic E-state index is 12.1. The molecule has 1 heterocycles. The van der Waals surface area contributed by atoms with Crippen LogP contribution in [0.2, 0.25) is 5.02 Å². The van der Waals surface area contributed by atoms with E-state index in [4.69, 9.17) is 11.6 Å². The molecule has 1 aromatic heterocycles. The zero-order chi connectivity index (χ0) is 13.3. The first-order chi connectivity index (χ1) is 8.49. The van der Waals surface area contributed by atoms with Crippen LogP contribution in [0.15, 0.2) is 22.7 Å². The van der Waals surface area contributed by atoms with Crippen molar-refractivity contribution >= 4 is 39.1 Å². The van der Waals surface area contributed by atoms with Crippen LogP contribution in [0.1, 0.15) is 21.7 Å². The predicted molar refractivity (Wildman–Crippen MR) is 75.2 cm³/mol. The van der Waals surface area contributed by atoms with E-state index < -0.39 is 0 Å². The van der Waals surface area contributed by atoms with Crippen molar-refractivity contribution in [3.05, 3.63) is 44.6 Å². The number of benzene rings is 1. The van der Waals surface area contributed by atoms with Gasteiger partial charge in [-0.05, 0) is 48.0 Å². The number of aryl methyl sites for hydroxylation is 2. The van der Waals surface area contributed by atoms with E-state index in [1.165, 1.54) is 0 Å². The van der Waals surface area contributed by atoms with E-state index in [1.807, 2.05) is 6.92 Å². The first kappa shape index (κ1) is 13.1. The number of hydrogen-bond donors (Lipinski definition) is 2. The Morgan fingerprint density at radius 2 is 2.17 bits per heavy atom. The monoisotopic (exact) mass is 327 g/mol. The SMILES string of the molecule is Cc1n[nH]c(C)c1C(=O)Nc1cc(Cl)ccc1Br. The van der Waals surface area contributed by atoms with Crippen LogP contribution in [-0.4, -0.2) is 16.1 Å². The van der Waals surface area contributed by atoms with E-state index in [1.54, 1.807) is 25.1 Å². The fraction of sp³-hybridized carbons (Fsp3) is 0.167. The van der Waals surface area contributed by atoms with E-state index >= 15 is 0 Å². The summed E-state index contributed by atoms with van der Waals surface area (Å²) in [5.74, 6) is -0.207. The van der Waals surface area contributed by atoms with Crippen LogP contribution in [0, 0.1) is 13.8 Å². The number of H-pyrrole nitrogens is 1. The van der Waals surface area contributed by atoms with Gasteiger partial charge in [0.15, 0.2) is 0 Å². The van der Waals surface area contributed by atoms with E-state index in [0.717, 1.165) is 10.2 Å². The Morgan fingerprint density at radius 3 is 2.78 bits per heavy atom. The molecule has 18 heavy (non-hydrogen) atoms. The summed E-state index contributed by atoms with van der Waals surface area (Å²) in [6, 6.07) is 5.22. The maximum absolute atomic E-state index is 12.1. The molecule has 4 nitrogen and oxygen atoms in total. The lowest BCUT2D eigenvalue weighted by molar-refractivity contribution is 0.102. The van der Waals surface area contributed by atoms with Gasteiger partial charge in [-0.1, -0.05) is 11.6 Å². The highest BCUT2D eigenvalue weighted by molar-refractivity contribution is 9.10. The Kier molecular flexibility index (Phi) is 3.73. The van der Waals surface area contributed by atoms with E-state index in [0.29, 0.717) is 22.0 Å². The molecule has 0 spiro atoms. The normalized spacial score (nSPS) is 10.4. The van der Waals surface area contributed by atoms with Gasteiger partial charge in [-0.2, -0.15) is 5.10 Å². The van der Waals surface area contributed by atoms with Gasteiger partial charge in [-0.25, -0.2) is 0 Å². The number of aromatic amines is 1. The Bertz CT molecular complexity index is 590. The summed E-state index contributed by atoms with van der Waals surface area (Å²) in [7, 11) is 0. The third-order valence-corrected chi connectivity index (χ3v) is 3.46. The number of halogens is 2. The number of rotatable bonds is 2. The highest BCUT2D eigenvalue weighted by atomic mass is 79.9. The number of nitrogens with one attached hydrogen (secondary N) is 2. The lowest BCUT2D eigenvalue weighted by atomic mass is 10.2. The molecule has 0 atom stereocenters. The van der Waals surface area contributed by atoms with Gasteiger partial charge < -0.3 is 5.32 Å². The number of anilines is 1. The largest absolute Gasteiger partial charge is 0.321 e. The number of carbonyl (C=O) groups excluding carboxylic acids is 1. The molecule has 0 saturated carbocycles. The van der Waals surface area contributed by atoms with Gasteiger partial charge in [0.25, 0.3) is 5.91 Å². The first-order valence-electron chi connectivity index (χ1n) is 5.27. The Hall–Kier alpha value is -1.33. The number of carbonyl (C=O) groups is 1. The standard InChI is InChI=1S/C12H11BrClN3O/c1-6-11(7(2)17-16-6)12(18)15-10-5-8(14)3-4-9(10)13/h3-5H,1-2H3,(H,15,18)(H,16,17). The molecule has 2 aromatic rings. The third-order valence-electron chi connectivity index (χ3n) is 2.53. The number of aromatic nitrogens is 2. The van der Waals surface area contributed by atoms with Gasteiger partial charge in [0.05, 0.1) is 16.9 Å². The zero-order valence-electron chi connectivity index (χ0n) is 9.84. The Balaban J connectivity index is 2.30. The summed E-state index contributed by atoms with van der Waals surface area (Å²) in [6.07, 6.45) is 0. The minimum Gasteiger partial charge on any atom is -0.321 e. The molecular formula is C12H11BrClN3O. The van der Waals surface area contributed by atoms with Crippen molar-refractivity contribution in [1.29, 1.82) is 0 Å². The van der Waals surface area contributed by atoms with Gasteiger partial charge in [-0.15, -0.1) is 0 Å². The van der Waals surface area contributed by atoms with Gasteiger partial charge in [0.2, 0.25) is 0 Å². The summed E-state index contributed by atoms with van der Waals surface area (Å²) in [5, 5.41) is 10.1. The van der Waals surface area contributed by atoms with Crippen molar-refractivity contribution in [2.24, 2.45) is 0 Å². The summed E-state index contributed by atoms with van der Waals surface area (Å²) in [4.78, 5) is 12.1. The molecule has 0 aliphatic carbocycles. The molecule has 0 unspecified atom stereocenters. The molecule has 0 radical (unpaired) electrons. The van der Waals surface area contributed by atoms with Crippen LogP contribution < -0.4 is 5.32 Å². The number of hydrogen-bond acceptors (Lipinski definition) is 2. The number of amides is 1. The Morgan fingerprint density at radius 1 is 1.44 bits per heavy atom. The molecule has 1 amide bonds. The minimum absolute atomic E-state index is 0.207. The predicted octanol–water partition coefficient (Wildman–Crippen LogP) is 3.69. The topological polar surface area (TPSA) is 57.8 Å². The second kappa shape index (κ2) is 5.12. The maximum Gasteiger partial charge on any atom is 0.259 e. The second-order valence-corrected chi connectivity index (χ2v) is 5.18. The van der Waals surface area contributed by atoms with Crippen molar-refractivity contribution < 1.29 is 4.79 Å². The molecule has 2 rings (SSSR count). The lowest BCUT2D eigenvalue weighted by Crippen LogP contribution is -2.14. The van der Waals surface area contributed by atoms with Crippen molar-refractivity contribution in [2.75, 3.05) is 5.32 Å². The van der Waals surface area contributed by atoms with Crippen molar-refractivity contribution in [3.8, 4) is 0 Å². The van der Waals surface area contributed by atoms with E-state index in [-0.39, 0.29) is 5.91 Å². The van der Waals surface area contributed by atoms with E-state index in [2.05, 4.69) is 31.4 Å². The molecule has 0 saturated heterocycles. The molecule has 0 aliphatic rings. The first-order valence-corrected chi connectivity index (χ1v) is 6.44. The summed E-state index contributed by atoms with van der Waals surface area (Å²) in [5.41, 5.74) is 2.60. The molecule has 1 aromatic carbocycles. The van der Waals surface area contributed by atoms with Gasteiger partial charge in [-0.3, -0.25) is 9.89 Å². The molecule has 94 valence electrons. The van der Waals surface area contributed by atoms with Crippen molar-refractivity contribution in [3.63, 3.8) is 0 Å². The highest BCUT2D eigenvalue weighted by Gasteiger charge is 2.16. The van der Waals surface area contributed by atoms with Crippen LogP contribution >= 0.6 is 27.5 Å². The molecule has 6 heteroatoms. The average molecular weight is 329 g/mol. The Labute approximate surface area is 118 Å². The van der Waals surface area contributed by atoms with Crippen molar-refractivity contribution in [1.82, 2.24) is 10.2 Å². The molecule has 0 aliphatic heterocycles. The van der Waals surface area contributed by atoms with Crippen LogP contribution in [0.5, 0.6) is 0 Å². The smallest absolute Gasteiger partial charge is 0.259 e. The molecule has 0 bridgehead atoms. The summed E-state index contributed by atoms with van der Waals surface area (Å²) < 4.78 is 0.777. The summed E-state index contributed by atoms with van der Waals surface area (Å²) in [6.45, 7) is 3.59. The van der Waals surface area contributed by atoms with Gasteiger partial charge >= 0.3 is 0 Å². The third kappa shape index (κ3) is 2.57. The fourth-order valence-corrected chi connectivity index (χ4v) is 2.18. The minimum atomic E-state index is -0.207. The van der Waals surface area contributed by atoms with Gasteiger partial charge in [0.1, 0.15) is 0 Å². The average Bonchev–Trinajstić information content (AvgIpc) is 2.63. The molecular weight excluding hydrogens is 318 g/mol. The lowest BCUT2D eigenvalue weighted by Gasteiger charge is -2.08. The van der Waals surface area contributed by atoms with Crippen LogP contribution in [-0.2, 0) is 0 Å². The van der Waals surface area contributed by atoms with Gasteiger partial charge in [0, 0.05) is 15.2 Å². The number of nitrogens with zero attached hydrogens (tertiary/aromatic N) is 1. The molecule has 2 N–H and O–H groups in total. The van der Waals surface area contributed by atoms with Crippen LogP contribution in [0.25, 0.3) is 0 Å². The van der Waals surface area contributed by atoms with Crippen LogP contribution in [0.3, 0.4) is 0 Å². The molecule has 0 fully saturated rings. The second-order valence-electron chi connectivity index (χ2n) is 3.89. The van der Waals surface area contributed by atoms with Crippen molar-refractivity contribution in [2.45, 2.75) is 13.8 Å². The fourth-order valence-electron chi connectivity index (χ4n) is 1.66. The van der Waals surface area contributed by atoms with Crippen LogP contribution in [0.4, 0.5) is 5.69 Å². The zero-order valence-corrected chi connectivity index (χ0v) is 12.2.